The van der Waals surface area contributed by atoms with Crippen molar-refractivity contribution in [1.29, 1.82) is 0 Å². The van der Waals surface area contributed by atoms with Crippen LogP contribution in [0, 0.1) is 25.7 Å². The molecule has 3 heterocycles. The maximum Gasteiger partial charge on any atom is 0.229 e. The van der Waals surface area contributed by atoms with Gasteiger partial charge in [-0.2, -0.15) is 5.10 Å². The fraction of sp³-hybridized carbons (Fsp3) is 0.345. The van der Waals surface area contributed by atoms with Crippen molar-refractivity contribution in [1.82, 2.24) is 24.7 Å². The number of hydrogen-bond donors (Lipinski definition) is 1. The molecule has 1 saturated carbocycles. The Morgan fingerprint density at radius 2 is 1.77 bits per heavy atom. The van der Waals surface area contributed by atoms with Crippen LogP contribution in [0.3, 0.4) is 0 Å². The first kappa shape index (κ1) is 26.3. The van der Waals surface area contributed by atoms with Crippen molar-refractivity contribution in [2.45, 2.75) is 52.8 Å². The van der Waals surface area contributed by atoms with E-state index in [-0.39, 0.29) is 43.1 Å². The van der Waals surface area contributed by atoms with Crippen molar-refractivity contribution in [3.8, 4) is 11.1 Å². The monoisotopic (exact) mass is 528 g/mol. The summed E-state index contributed by atoms with van der Waals surface area (Å²) < 4.78 is 16.0. The van der Waals surface area contributed by atoms with Crippen LogP contribution in [0.2, 0.25) is 0 Å². The normalized spacial score (nSPS) is 18.8. The molecule has 1 aliphatic carbocycles. The largest absolute Gasteiger partial charge is 0.310 e. The molecule has 0 bridgehead atoms. The highest BCUT2D eigenvalue weighted by molar-refractivity contribution is 6.07. The minimum Gasteiger partial charge on any atom is -0.310 e. The van der Waals surface area contributed by atoms with Crippen LogP contribution in [-0.2, 0) is 16.1 Å². The van der Waals surface area contributed by atoms with E-state index in [2.05, 4.69) is 25.4 Å². The van der Waals surface area contributed by atoms with Crippen molar-refractivity contribution in [2.24, 2.45) is 11.8 Å². The van der Waals surface area contributed by atoms with Crippen LogP contribution in [0.25, 0.3) is 22.0 Å². The zero-order valence-corrected chi connectivity index (χ0v) is 22.0. The van der Waals surface area contributed by atoms with Gasteiger partial charge >= 0.3 is 0 Å². The van der Waals surface area contributed by atoms with Gasteiger partial charge in [-0.15, -0.1) is 0 Å². The molecule has 0 aliphatic heterocycles. The van der Waals surface area contributed by atoms with Crippen molar-refractivity contribution in [2.75, 3.05) is 5.32 Å². The van der Waals surface area contributed by atoms with E-state index in [1.807, 2.05) is 12.1 Å². The number of fused-ring (bicyclic) bond motifs is 1. The molecule has 1 unspecified atom stereocenters. The van der Waals surface area contributed by atoms with Crippen molar-refractivity contribution < 1.29 is 18.8 Å². The Hall–Kier alpha value is -4.34. The summed E-state index contributed by atoms with van der Waals surface area (Å²) in [6.45, 7) is 5.18. The molecule has 39 heavy (non-hydrogen) atoms. The van der Waals surface area contributed by atoms with Gasteiger partial charge in [-0.25, -0.2) is 19.3 Å². The molecular weight excluding hydrogens is 499 g/mol. The number of anilines is 1. The second kappa shape index (κ2) is 10.8. The molecule has 1 fully saturated rings. The average Bonchev–Trinajstić information content (AvgIpc) is 3.49. The highest BCUT2D eigenvalue weighted by atomic mass is 19.1. The van der Waals surface area contributed by atoms with Gasteiger partial charge in [-0.1, -0.05) is 19.1 Å². The number of pyridine rings is 1. The third-order valence-electron chi connectivity index (χ3n) is 7.15. The van der Waals surface area contributed by atoms with E-state index in [4.69, 9.17) is 0 Å². The Morgan fingerprint density at radius 1 is 1.03 bits per heavy atom. The van der Waals surface area contributed by atoms with Crippen LogP contribution >= 0.6 is 0 Å². The number of benzene rings is 1. The number of hydrogen-bond acceptors (Lipinski definition) is 7. The summed E-state index contributed by atoms with van der Waals surface area (Å²) in [5, 5.41) is 7.84. The summed E-state index contributed by atoms with van der Waals surface area (Å²) in [5.41, 5.74) is 3.21. The minimum absolute atomic E-state index is 0.0321. The molecule has 0 spiro atoms. The smallest absolute Gasteiger partial charge is 0.229 e. The van der Waals surface area contributed by atoms with E-state index in [1.54, 1.807) is 57.4 Å². The van der Waals surface area contributed by atoms with Gasteiger partial charge in [0.1, 0.15) is 30.1 Å². The van der Waals surface area contributed by atoms with E-state index in [9.17, 15) is 18.8 Å². The van der Waals surface area contributed by atoms with Crippen LogP contribution in [-0.4, -0.2) is 48.4 Å². The van der Waals surface area contributed by atoms with Gasteiger partial charge in [-0.3, -0.25) is 19.1 Å². The standard InChI is InChI=1S/C29H29FN6O3/c1-4-25(37)28-23-10-18(19-13-31-17(3)32-14-19)8-9-24(23)36(35-28)15-26(38)21-11-20(30)12-22(21)29(39)34-27-7-5-6-16(2)33-27/h5-10,13-14,20-22H,4,11-12,15H2,1-3H3,(H,33,34,39)/t20-,21?,22+/m0/s1. The SMILES string of the molecule is CCC(=O)c1nn(CC(=O)C2C[C@H](F)C[C@H]2C(=O)Nc2cccc(C)n2)c2ccc(-c3cnc(C)nc3)cc12. The van der Waals surface area contributed by atoms with Crippen LogP contribution < -0.4 is 5.32 Å². The molecule has 1 aromatic carbocycles. The van der Waals surface area contributed by atoms with E-state index >= 15 is 0 Å². The van der Waals surface area contributed by atoms with Crippen molar-refractivity contribution in [3.05, 3.63) is 66.0 Å². The molecule has 1 aliphatic rings. The first-order chi connectivity index (χ1) is 18.7. The van der Waals surface area contributed by atoms with Gasteiger partial charge in [-0.05, 0) is 56.5 Å². The van der Waals surface area contributed by atoms with Gasteiger partial charge in [0.25, 0.3) is 0 Å². The lowest BCUT2D eigenvalue weighted by molar-refractivity contribution is -0.130. The maximum atomic E-state index is 14.5. The highest BCUT2D eigenvalue weighted by Gasteiger charge is 2.43. The molecule has 0 saturated heterocycles. The predicted octanol–water partition coefficient (Wildman–Crippen LogP) is 4.67. The van der Waals surface area contributed by atoms with E-state index in [1.165, 1.54) is 4.68 Å². The third-order valence-corrected chi connectivity index (χ3v) is 7.15. The van der Waals surface area contributed by atoms with E-state index in [0.717, 1.165) is 16.8 Å². The second-order valence-corrected chi connectivity index (χ2v) is 9.94. The number of rotatable bonds is 8. The quantitative estimate of drug-likeness (QED) is 0.330. The molecule has 3 aromatic heterocycles. The number of carbonyl (C=O) groups is 3. The third kappa shape index (κ3) is 5.45. The number of Topliss-reactive ketones (excluding diaryl/α,β-unsaturated/α-hetero) is 2. The summed E-state index contributed by atoms with van der Waals surface area (Å²) in [5.74, 6) is -1.50. The molecule has 9 nitrogen and oxygen atoms in total. The lowest BCUT2D eigenvalue weighted by Crippen LogP contribution is -2.32. The van der Waals surface area contributed by atoms with Gasteiger partial charge in [0.15, 0.2) is 11.6 Å². The molecule has 4 aromatic rings. The minimum atomic E-state index is -1.26. The number of carbonyl (C=O) groups excluding carboxylic acids is 3. The summed E-state index contributed by atoms with van der Waals surface area (Å²) in [7, 11) is 0. The lowest BCUT2D eigenvalue weighted by atomic mass is 9.91. The number of aryl methyl sites for hydroxylation is 2. The lowest BCUT2D eigenvalue weighted by Gasteiger charge is -2.18. The second-order valence-electron chi connectivity index (χ2n) is 9.94. The molecule has 3 atom stereocenters. The zero-order valence-electron chi connectivity index (χ0n) is 22.0. The molecule has 1 N–H and O–H groups in total. The molecule has 5 rings (SSSR count). The van der Waals surface area contributed by atoms with Gasteiger partial charge < -0.3 is 5.32 Å². The number of aromatic nitrogens is 5. The molecule has 0 radical (unpaired) electrons. The topological polar surface area (TPSA) is 120 Å². The number of nitrogens with one attached hydrogen (secondary N) is 1. The summed E-state index contributed by atoms with van der Waals surface area (Å²) >= 11 is 0. The molecule has 1 amide bonds. The maximum absolute atomic E-state index is 14.5. The van der Waals surface area contributed by atoms with Gasteiger partial charge in [0.2, 0.25) is 5.91 Å². The molecule has 10 heteroatoms. The van der Waals surface area contributed by atoms with Crippen LogP contribution in [0.15, 0.2) is 48.8 Å². The summed E-state index contributed by atoms with van der Waals surface area (Å²) in [4.78, 5) is 52.0. The van der Waals surface area contributed by atoms with Crippen molar-refractivity contribution >= 4 is 34.2 Å². The fourth-order valence-electron chi connectivity index (χ4n) is 5.11. The predicted molar refractivity (Wildman–Crippen MR) is 144 cm³/mol. The Bertz CT molecular complexity index is 1570. The molecular formula is C29H29FN6O3. The molecule has 200 valence electrons. The highest BCUT2D eigenvalue weighted by Crippen LogP contribution is 2.36. The summed E-state index contributed by atoms with van der Waals surface area (Å²) in [6.07, 6.45) is 2.35. The average molecular weight is 529 g/mol. The number of nitrogens with zero attached hydrogens (tertiary/aromatic N) is 5. The number of amides is 1. The Morgan fingerprint density at radius 3 is 2.49 bits per heavy atom. The van der Waals surface area contributed by atoms with Gasteiger partial charge in [0.05, 0.1) is 11.4 Å². The fourth-order valence-corrected chi connectivity index (χ4v) is 5.11. The van der Waals surface area contributed by atoms with Crippen molar-refractivity contribution in [3.63, 3.8) is 0 Å². The first-order valence-electron chi connectivity index (χ1n) is 13.0. The van der Waals surface area contributed by atoms with Crippen LogP contribution in [0.1, 0.15) is 48.2 Å². The van der Waals surface area contributed by atoms with Crippen LogP contribution in [0.4, 0.5) is 10.2 Å². The zero-order chi connectivity index (χ0) is 27.7. The Kier molecular flexibility index (Phi) is 7.28. The Labute approximate surface area is 224 Å². The van der Waals surface area contributed by atoms with E-state index < -0.39 is 23.9 Å². The van der Waals surface area contributed by atoms with E-state index in [0.29, 0.717) is 22.5 Å². The number of halogens is 1. The van der Waals surface area contributed by atoms with Crippen LogP contribution in [0.5, 0.6) is 0 Å². The Balaban J connectivity index is 1.42. The summed E-state index contributed by atoms with van der Waals surface area (Å²) in [6, 6.07) is 10.7. The first-order valence-corrected chi connectivity index (χ1v) is 13.0. The van der Waals surface area contributed by atoms with Gasteiger partial charge in [0, 0.05) is 41.4 Å². The number of ketones is 2. The number of alkyl halides is 1.